The maximum absolute atomic E-state index is 13.0. The summed E-state index contributed by atoms with van der Waals surface area (Å²) in [6.07, 6.45) is 6.28. The summed E-state index contributed by atoms with van der Waals surface area (Å²) in [6.45, 7) is 3.04. The van der Waals surface area contributed by atoms with E-state index in [0.29, 0.717) is 30.4 Å². The zero-order chi connectivity index (χ0) is 20.2. The third-order valence-corrected chi connectivity index (χ3v) is 4.97. The second-order valence-corrected chi connectivity index (χ2v) is 6.79. The van der Waals surface area contributed by atoms with Crippen LogP contribution in [0.25, 0.3) is 5.69 Å². The average Bonchev–Trinajstić information content (AvgIpc) is 3.16. The van der Waals surface area contributed by atoms with Gasteiger partial charge in [-0.2, -0.15) is 0 Å². The molecule has 0 aliphatic carbocycles. The minimum Gasteiger partial charge on any atom is -0.497 e. The van der Waals surface area contributed by atoms with Crippen LogP contribution in [0.2, 0.25) is 0 Å². The van der Waals surface area contributed by atoms with Gasteiger partial charge in [0.2, 0.25) is 5.88 Å². The summed E-state index contributed by atoms with van der Waals surface area (Å²) in [6, 6.07) is 7.45. The van der Waals surface area contributed by atoms with Gasteiger partial charge in [-0.05, 0) is 31.2 Å². The lowest BCUT2D eigenvalue weighted by Crippen LogP contribution is -2.42. The van der Waals surface area contributed by atoms with Crippen molar-refractivity contribution < 1.29 is 14.3 Å². The van der Waals surface area contributed by atoms with Crippen LogP contribution in [0, 0.1) is 6.92 Å². The van der Waals surface area contributed by atoms with Gasteiger partial charge in [0.1, 0.15) is 11.9 Å². The summed E-state index contributed by atoms with van der Waals surface area (Å²) in [5, 5.41) is 8.30. The quantitative estimate of drug-likeness (QED) is 0.654. The van der Waals surface area contributed by atoms with E-state index in [2.05, 4.69) is 20.3 Å². The Kier molecular flexibility index (Phi) is 5.37. The molecule has 0 saturated carbocycles. The van der Waals surface area contributed by atoms with Gasteiger partial charge in [-0.15, -0.1) is 5.10 Å². The number of likely N-dealkylation sites (tertiary alicyclic amines) is 1. The highest BCUT2D eigenvalue weighted by Crippen LogP contribution is 2.20. The van der Waals surface area contributed by atoms with Gasteiger partial charge in [0.25, 0.3) is 5.91 Å². The standard InChI is InChI=1S/C20H22N6O3/c1-14-19(23-24-26(14)15-3-5-16(28-2)6-4-15)20(27)25-11-7-17(8-12-25)29-18-13-21-9-10-22-18/h3-6,9-10,13,17H,7-8,11-12H2,1-2H3. The minimum atomic E-state index is -0.111. The molecule has 0 N–H and O–H groups in total. The molecule has 29 heavy (non-hydrogen) atoms. The Labute approximate surface area is 168 Å². The van der Waals surface area contributed by atoms with E-state index in [-0.39, 0.29) is 12.0 Å². The molecular weight excluding hydrogens is 372 g/mol. The lowest BCUT2D eigenvalue weighted by molar-refractivity contribution is 0.0581. The monoisotopic (exact) mass is 394 g/mol. The van der Waals surface area contributed by atoms with Crippen LogP contribution in [-0.4, -0.2) is 62.1 Å². The molecule has 4 rings (SSSR count). The summed E-state index contributed by atoms with van der Waals surface area (Å²) < 4.78 is 12.7. The Morgan fingerprint density at radius 1 is 1.14 bits per heavy atom. The van der Waals surface area contributed by atoms with E-state index in [1.807, 2.05) is 31.2 Å². The summed E-state index contributed by atoms with van der Waals surface area (Å²) >= 11 is 0. The fraction of sp³-hybridized carbons (Fsp3) is 0.350. The molecule has 1 aliphatic rings. The Morgan fingerprint density at radius 3 is 2.55 bits per heavy atom. The van der Waals surface area contributed by atoms with Crippen molar-refractivity contribution in [3.8, 4) is 17.3 Å². The Morgan fingerprint density at radius 2 is 1.90 bits per heavy atom. The van der Waals surface area contributed by atoms with Crippen molar-refractivity contribution in [2.45, 2.75) is 25.9 Å². The van der Waals surface area contributed by atoms with Crippen LogP contribution >= 0.6 is 0 Å². The van der Waals surface area contributed by atoms with Gasteiger partial charge in [-0.1, -0.05) is 5.21 Å². The van der Waals surface area contributed by atoms with Crippen LogP contribution in [0.15, 0.2) is 42.9 Å². The number of carbonyl (C=O) groups is 1. The van der Waals surface area contributed by atoms with Crippen molar-refractivity contribution in [2.75, 3.05) is 20.2 Å². The molecule has 0 radical (unpaired) electrons. The van der Waals surface area contributed by atoms with Crippen molar-refractivity contribution in [3.05, 3.63) is 54.2 Å². The van der Waals surface area contributed by atoms with Gasteiger partial charge in [0, 0.05) is 38.3 Å². The number of nitrogens with zero attached hydrogens (tertiary/aromatic N) is 6. The van der Waals surface area contributed by atoms with E-state index >= 15 is 0 Å². The molecule has 1 saturated heterocycles. The average molecular weight is 394 g/mol. The van der Waals surface area contributed by atoms with E-state index in [4.69, 9.17) is 9.47 Å². The van der Waals surface area contributed by atoms with E-state index < -0.39 is 0 Å². The fourth-order valence-electron chi connectivity index (χ4n) is 3.34. The normalized spacial score (nSPS) is 14.6. The highest BCUT2D eigenvalue weighted by atomic mass is 16.5. The van der Waals surface area contributed by atoms with Crippen LogP contribution in [0.5, 0.6) is 11.6 Å². The number of benzene rings is 1. The number of amides is 1. The summed E-state index contributed by atoms with van der Waals surface area (Å²) in [5.41, 5.74) is 1.90. The number of methoxy groups -OCH3 is 1. The van der Waals surface area contributed by atoms with Crippen molar-refractivity contribution >= 4 is 5.91 Å². The van der Waals surface area contributed by atoms with E-state index in [9.17, 15) is 4.79 Å². The Balaban J connectivity index is 1.41. The van der Waals surface area contributed by atoms with Crippen LogP contribution in [-0.2, 0) is 0 Å². The summed E-state index contributed by atoms with van der Waals surface area (Å²) in [7, 11) is 1.62. The van der Waals surface area contributed by atoms with Gasteiger partial charge in [0.15, 0.2) is 5.69 Å². The van der Waals surface area contributed by atoms with Crippen molar-refractivity contribution in [2.24, 2.45) is 0 Å². The largest absolute Gasteiger partial charge is 0.497 e. The van der Waals surface area contributed by atoms with Crippen molar-refractivity contribution in [1.82, 2.24) is 29.9 Å². The van der Waals surface area contributed by atoms with Gasteiger partial charge >= 0.3 is 0 Å². The Hall–Kier alpha value is -3.49. The molecule has 2 aromatic heterocycles. The molecule has 0 unspecified atom stereocenters. The summed E-state index contributed by atoms with van der Waals surface area (Å²) in [4.78, 5) is 22.9. The lowest BCUT2D eigenvalue weighted by Gasteiger charge is -2.31. The number of ether oxygens (including phenoxy) is 2. The number of rotatable bonds is 5. The number of piperidine rings is 1. The molecule has 1 amide bonds. The third-order valence-electron chi connectivity index (χ3n) is 4.97. The molecule has 3 heterocycles. The number of aromatic nitrogens is 5. The number of hydrogen-bond acceptors (Lipinski definition) is 7. The van der Waals surface area contributed by atoms with Gasteiger partial charge < -0.3 is 14.4 Å². The zero-order valence-corrected chi connectivity index (χ0v) is 16.4. The number of carbonyl (C=O) groups excluding carboxylic acids is 1. The van der Waals surface area contributed by atoms with Crippen LogP contribution < -0.4 is 9.47 Å². The fourth-order valence-corrected chi connectivity index (χ4v) is 3.34. The molecule has 1 aliphatic heterocycles. The SMILES string of the molecule is COc1ccc(-n2nnc(C(=O)N3CCC(Oc4cnccn4)CC3)c2C)cc1. The number of hydrogen-bond donors (Lipinski definition) is 0. The Bertz CT molecular complexity index is 966. The van der Waals surface area contributed by atoms with E-state index in [0.717, 1.165) is 24.3 Å². The predicted octanol–water partition coefficient (Wildman–Crippen LogP) is 2.06. The zero-order valence-electron chi connectivity index (χ0n) is 16.4. The first-order valence-electron chi connectivity index (χ1n) is 9.44. The maximum atomic E-state index is 13.0. The van der Waals surface area contributed by atoms with Crippen LogP contribution in [0.4, 0.5) is 0 Å². The second kappa shape index (κ2) is 8.26. The van der Waals surface area contributed by atoms with Crippen molar-refractivity contribution in [3.63, 3.8) is 0 Å². The molecule has 150 valence electrons. The molecule has 0 spiro atoms. The summed E-state index contributed by atoms with van der Waals surface area (Å²) in [5.74, 6) is 1.16. The minimum absolute atomic E-state index is 0.0202. The molecular formula is C20H22N6O3. The first-order valence-corrected chi connectivity index (χ1v) is 9.44. The third kappa shape index (κ3) is 4.03. The van der Waals surface area contributed by atoms with E-state index in [1.54, 1.807) is 35.3 Å². The first-order chi connectivity index (χ1) is 14.2. The molecule has 9 heteroatoms. The molecule has 0 bridgehead atoms. The first kappa shape index (κ1) is 18.9. The predicted molar refractivity (Wildman–Crippen MR) is 104 cm³/mol. The molecule has 9 nitrogen and oxygen atoms in total. The van der Waals surface area contributed by atoms with E-state index in [1.165, 1.54) is 0 Å². The van der Waals surface area contributed by atoms with Gasteiger partial charge in [-0.3, -0.25) is 9.78 Å². The molecule has 0 atom stereocenters. The lowest BCUT2D eigenvalue weighted by atomic mass is 10.1. The van der Waals surface area contributed by atoms with Gasteiger partial charge in [-0.25, -0.2) is 9.67 Å². The van der Waals surface area contributed by atoms with Gasteiger partial charge in [0.05, 0.1) is 24.7 Å². The highest BCUT2D eigenvalue weighted by molar-refractivity contribution is 5.93. The van der Waals surface area contributed by atoms with Crippen LogP contribution in [0.1, 0.15) is 29.0 Å². The highest BCUT2D eigenvalue weighted by Gasteiger charge is 2.28. The molecule has 1 aromatic carbocycles. The van der Waals surface area contributed by atoms with Crippen molar-refractivity contribution in [1.29, 1.82) is 0 Å². The topological polar surface area (TPSA) is 95.3 Å². The smallest absolute Gasteiger partial charge is 0.276 e. The molecule has 1 fully saturated rings. The van der Waals surface area contributed by atoms with Crippen LogP contribution in [0.3, 0.4) is 0 Å². The molecule has 3 aromatic rings. The second-order valence-electron chi connectivity index (χ2n) is 6.79. The maximum Gasteiger partial charge on any atom is 0.276 e.